The smallest absolute Gasteiger partial charge is 0.266 e. The van der Waals surface area contributed by atoms with Gasteiger partial charge in [-0.1, -0.05) is 36.4 Å². The Balaban J connectivity index is 1.94. The second kappa shape index (κ2) is 7.43. The average molecular weight is 376 g/mol. The molecule has 138 valence electrons. The highest BCUT2D eigenvalue weighted by Gasteiger charge is 2.40. The van der Waals surface area contributed by atoms with Crippen molar-refractivity contribution in [3.63, 3.8) is 0 Å². The molecular formula is C18H22N3O4S+. The number of hydrogen-bond acceptors (Lipinski definition) is 4. The molecule has 3 rings (SSSR count). The zero-order chi connectivity index (χ0) is 18.7. The second-order valence-corrected chi connectivity index (χ2v) is 7.94. The van der Waals surface area contributed by atoms with Crippen molar-refractivity contribution in [1.82, 2.24) is 5.01 Å². The number of rotatable bonds is 6. The maximum Gasteiger partial charge on any atom is 0.266 e. The summed E-state index contributed by atoms with van der Waals surface area (Å²) in [5, 5.41) is 4.66. The lowest BCUT2D eigenvalue weighted by Gasteiger charge is -2.14. The van der Waals surface area contributed by atoms with Crippen molar-refractivity contribution in [2.75, 3.05) is 31.2 Å². The van der Waals surface area contributed by atoms with Crippen molar-refractivity contribution < 1.29 is 17.8 Å². The standard InChI is InChI=1S/C18H21N3O4S/c1-20-11-9-18(21(20)22)16-13-15(14-5-3-2-4-6-14)7-8-17(16)19-10-12-26(23,24)25/h2-8,13,18-19H,9-12H2,1H3/p+1. The Bertz CT molecular complexity index is 900. The second-order valence-electron chi connectivity index (χ2n) is 6.37. The molecule has 7 nitrogen and oxygen atoms in total. The number of nitrogens with zero attached hydrogens (tertiary/aromatic N) is 2. The molecule has 1 unspecified atom stereocenters. The number of hydrogen-bond donors (Lipinski definition) is 2. The summed E-state index contributed by atoms with van der Waals surface area (Å²) in [5.41, 5.74) is 3.56. The van der Waals surface area contributed by atoms with E-state index in [-0.39, 0.29) is 12.6 Å². The first-order chi connectivity index (χ1) is 12.3. The molecule has 1 atom stereocenters. The molecule has 1 saturated heterocycles. The molecular weight excluding hydrogens is 354 g/mol. The molecule has 1 aliphatic heterocycles. The number of benzene rings is 2. The third-order valence-electron chi connectivity index (χ3n) is 4.52. The summed E-state index contributed by atoms with van der Waals surface area (Å²) >= 11 is 0. The van der Waals surface area contributed by atoms with Crippen LogP contribution in [0.4, 0.5) is 5.69 Å². The van der Waals surface area contributed by atoms with Crippen LogP contribution in [0.1, 0.15) is 18.0 Å². The monoisotopic (exact) mass is 376 g/mol. The minimum atomic E-state index is -4.04. The van der Waals surface area contributed by atoms with Crippen LogP contribution in [0.5, 0.6) is 0 Å². The van der Waals surface area contributed by atoms with E-state index in [0.29, 0.717) is 18.7 Å². The molecule has 0 aliphatic carbocycles. The van der Waals surface area contributed by atoms with Crippen molar-refractivity contribution in [2.45, 2.75) is 12.5 Å². The zero-order valence-corrected chi connectivity index (χ0v) is 15.3. The normalized spacial score (nSPS) is 17.5. The maximum absolute atomic E-state index is 12.4. The SMILES string of the molecule is CN1CCC(c2cc(-c3ccccc3)ccc2NCCS(=O)(=O)O)[N+]1=O. The van der Waals surface area contributed by atoms with Crippen molar-refractivity contribution in [3.05, 3.63) is 59.0 Å². The predicted molar refractivity (Wildman–Crippen MR) is 100 cm³/mol. The van der Waals surface area contributed by atoms with Crippen molar-refractivity contribution in [1.29, 1.82) is 0 Å². The van der Waals surface area contributed by atoms with E-state index in [2.05, 4.69) is 5.32 Å². The van der Waals surface area contributed by atoms with Gasteiger partial charge in [-0.2, -0.15) is 8.42 Å². The molecule has 1 aliphatic rings. The zero-order valence-electron chi connectivity index (χ0n) is 14.5. The molecule has 0 aromatic heterocycles. The Hall–Kier alpha value is -2.45. The van der Waals surface area contributed by atoms with Gasteiger partial charge in [0, 0.05) is 18.7 Å². The lowest BCUT2D eigenvalue weighted by atomic mass is 9.97. The van der Waals surface area contributed by atoms with Gasteiger partial charge in [0.15, 0.2) is 0 Å². The third-order valence-corrected chi connectivity index (χ3v) is 5.24. The van der Waals surface area contributed by atoms with Gasteiger partial charge < -0.3 is 5.32 Å². The van der Waals surface area contributed by atoms with Crippen LogP contribution in [0.2, 0.25) is 0 Å². The maximum atomic E-state index is 12.4. The number of nitrogens with one attached hydrogen (secondary N) is 1. The fraction of sp³-hybridized carbons (Fsp3) is 0.333. The van der Waals surface area contributed by atoms with Crippen LogP contribution in [-0.2, 0) is 10.1 Å². The van der Waals surface area contributed by atoms with Crippen LogP contribution >= 0.6 is 0 Å². The molecule has 2 aromatic rings. The molecule has 8 heteroatoms. The van der Waals surface area contributed by atoms with Crippen LogP contribution in [0.3, 0.4) is 0 Å². The molecule has 0 radical (unpaired) electrons. The van der Waals surface area contributed by atoms with Crippen molar-refractivity contribution >= 4 is 15.8 Å². The first kappa shape index (κ1) is 18.3. The van der Waals surface area contributed by atoms with Gasteiger partial charge in [-0.05, 0) is 23.3 Å². The topological polar surface area (TPSA) is 89.7 Å². The fourth-order valence-electron chi connectivity index (χ4n) is 3.15. The molecule has 2 aromatic carbocycles. The van der Waals surface area contributed by atoms with Crippen LogP contribution in [0, 0.1) is 4.91 Å². The number of anilines is 1. The van der Waals surface area contributed by atoms with Crippen LogP contribution in [-0.4, -0.2) is 48.7 Å². The highest BCUT2D eigenvalue weighted by atomic mass is 32.2. The van der Waals surface area contributed by atoms with Gasteiger partial charge in [0.2, 0.25) is 0 Å². The van der Waals surface area contributed by atoms with Gasteiger partial charge in [-0.15, -0.1) is 5.01 Å². The summed E-state index contributed by atoms with van der Waals surface area (Å²) < 4.78 is 30.8. The Kier molecular flexibility index (Phi) is 5.24. The molecule has 2 N–H and O–H groups in total. The number of hydrazine groups is 1. The van der Waals surface area contributed by atoms with Gasteiger partial charge in [0.25, 0.3) is 16.2 Å². The molecule has 0 saturated carbocycles. The Labute approximate surface area is 152 Å². The third kappa shape index (κ3) is 4.20. The minimum absolute atomic E-state index is 0.0674. The summed E-state index contributed by atoms with van der Waals surface area (Å²) in [4.78, 5) is 13.4. The molecule has 0 bridgehead atoms. The van der Waals surface area contributed by atoms with Gasteiger partial charge >= 0.3 is 0 Å². The minimum Gasteiger partial charge on any atom is -0.383 e. The average Bonchev–Trinajstić information content (AvgIpc) is 2.94. The van der Waals surface area contributed by atoms with E-state index in [1.807, 2.05) is 48.5 Å². The first-order valence-corrected chi connectivity index (χ1v) is 10.0. The van der Waals surface area contributed by atoms with Crippen LogP contribution in [0.25, 0.3) is 11.1 Å². The molecule has 1 fully saturated rings. The van der Waals surface area contributed by atoms with Crippen molar-refractivity contribution in [3.8, 4) is 11.1 Å². The Morgan fingerprint density at radius 1 is 1.19 bits per heavy atom. The van der Waals surface area contributed by atoms with Crippen LogP contribution in [0.15, 0.2) is 48.5 Å². The van der Waals surface area contributed by atoms with Crippen molar-refractivity contribution in [2.24, 2.45) is 0 Å². The highest BCUT2D eigenvalue weighted by molar-refractivity contribution is 7.85. The summed E-state index contributed by atoms with van der Waals surface area (Å²) in [6.45, 7) is 0.728. The predicted octanol–water partition coefficient (Wildman–Crippen LogP) is 2.72. The number of nitroso groups, excluding NO2 is 1. The molecule has 26 heavy (non-hydrogen) atoms. The fourth-order valence-corrected chi connectivity index (χ4v) is 3.51. The van der Waals surface area contributed by atoms with E-state index in [0.717, 1.165) is 21.6 Å². The lowest BCUT2D eigenvalue weighted by molar-refractivity contribution is -0.711. The van der Waals surface area contributed by atoms with E-state index in [1.165, 1.54) is 0 Å². The molecule has 1 heterocycles. The highest BCUT2D eigenvalue weighted by Crippen LogP contribution is 2.35. The van der Waals surface area contributed by atoms with E-state index < -0.39 is 15.9 Å². The Morgan fingerprint density at radius 2 is 1.92 bits per heavy atom. The van der Waals surface area contributed by atoms with E-state index >= 15 is 0 Å². The summed E-state index contributed by atoms with van der Waals surface area (Å²) in [7, 11) is -2.29. The summed E-state index contributed by atoms with van der Waals surface area (Å²) in [6.07, 6.45) is 0.686. The lowest BCUT2D eigenvalue weighted by Crippen LogP contribution is -2.23. The van der Waals surface area contributed by atoms with E-state index in [4.69, 9.17) is 4.55 Å². The summed E-state index contributed by atoms with van der Waals surface area (Å²) in [5.74, 6) is -0.390. The quantitative estimate of drug-likeness (QED) is 0.595. The van der Waals surface area contributed by atoms with Crippen LogP contribution < -0.4 is 5.32 Å². The largest absolute Gasteiger partial charge is 0.383 e. The Morgan fingerprint density at radius 3 is 2.54 bits per heavy atom. The van der Waals surface area contributed by atoms with Gasteiger partial charge in [-0.3, -0.25) is 4.55 Å². The van der Waals surface area contributed by atoms with E-state index in [9.17, 15) is 13.3 Å². The molecule has 0 amide bonds. The first-order valence-electron chi connectivity index (χ1n) is 8.41. The van der Waals surface area contributed by atoms with Gasteiger partial charge in [-0.25, -0.2) is 0 Å². The van der Waals surface area contributed by atoms with E-state index in [1.54, 1.807) is 12.1 Å². The summed E-state index contributed by atoms with van der Waals surface area (Å²) in [6, 6.07) is 15.3. The van der Waals surface area contributed by atoms with Gasteiger partial charge in [0.1, 0.15) is 4.87 Å². The van der Waals surface area contributed by atoms with Gasteiger partial charge in [0.05, 0.1) is 29.8 Å². The molecule has 0 spiro atoms.